The van der Waals surface area contributed by atoms with E-state index in [1.807, 2.05) is 0 Å². The highest BCUT2D eigenvalue weighted by Gasteiger charge is 2.07. The third kappa shape index (κ3) is 4.83. The van der Waals surface area contributed by atoms with Gasteiger partial charge in [-0.1, -0.05) is 19.9 Å². The summed E-state index contributed by atoms with van der Waals surface area (Å²) in [5.41, 5.74) is 5.33. The molecule has 1 aromatic carbocycles. The molecule has 1 N–H and O–H groups in total. The molecule has 0 saturated carbocycles. The molecule has 4 heteroatoms. The third-order valence-corrected chi connectivity index (χ3v) is 5.06. The van der Waals surface area contributed by atoms with E-state index in [0.717, 1.165) is 13.1 Å². The van der Waals surface area contributed by atoms with E-state index >= 15 is 0 Å². The van der Waals surface area contributed by atoms with Crippen LogP contribution < -0.4 is 10.2 Å². The maximum absolute atomic E-state index is 3.52. The van der Waals surface area contributed by atoms with Gasteiger partial charge in [0.05, 0.1) is 3.79 Å². The molecule has 2 aromatic rings. The normalized spacial score (nSPS) is 11.1. The van der Waals surface area contributed by atoms with Crippen LogP contribution in [0.1, 0.15) is 30.5 Å². The van der Waals surface area contributed by atoms with Crippen molar-refractivity contribution in [2.75, 3.05) is 11.9 Å². The summed E-state index contributed by atoms with van der Waals surface area (Å²) in [6.45, 7) is 8.42. The summed E-state index contributed by atoms with van der Waals surface area (Å²) < 4.78 is 1.19. The van der Waals surface area contributed by atoms with E-state index in [0.29, 0.717) is 6.04 Å². The topological polar surface area (TPSA) is 15.3 Å². The van der Waals surface area contributed by atoms with Crippen molar-refractivity contribution < 1.29 is 0 Å². The Morgan fingerprint density at radius 2 is 2.05 bits per heavy atom. The van der Waals surface area contributed by atoms with Crippen LogP contribution in [-0.2, 0) is 13.1 Å². The minimum Gasteiger partial charge on any atom is -0.370 e. The Hall–Kier alpha value is -0.840. The lowest BCUT2D eigenvalue weighted by Crippen LogP contribution is -2.22. The molecule has 0 aliphatic carbocycles. The molecule has 0 aliphatic heterocycles. The summed E-state index contributed by atoms with van der Waals surface area (Å²) in [6.07, 6.45) is 0. The number of aryl methyl sites for hydroxylation is 1. The van der Waals surface area contributed by atoms with Gasteiger partial charge in [-0.2, -0.15) is 0 Å². The zero-order valence-electron chi connectivity index (χ0n) is 13.1. The maximum Gasteiger partial charge on any atom is 0.0701 e. The lowest BCUT2D eigenvalue weighted by Gasteiger charge is -2.20. The molecule has 2 nitrogen and oxygen atoms in total. The molecule has 0 spiro atoms. The summed E-state index contributed by atoms with van der Waals surface area (Å²) in [7, 11) is 2.15. The highest BCUT2D eigenvalue weighted by Crippen LogP contribution is 2.24. The Morgan fingerprint density at radius 1 is 1.29 bits per heavy atom. The van der Waals surface area contributed by atoms with E-state index in [4.69, 9.17) is 0 Å². The van der Waals surface area contributed by atoms with E-state index in [2.05, 4.69) is 83.6 Å². The van der Waals surface area contributed by atoms with Gasteiger partial charge in [-0.05, 0) is 63.1 Å². The smallest absolute Gasteiger partial charge is 0.0701 e. The third-order valence-electron chi connectivity index (χ3n) is 3.51. The number of nitrogens with zero attached hydrogens (tertiary/aromatic N) is 1. The lowest BCUT2D eigenvalue weighted by atomic mass is 10.1. The van der Waals surface area contributed by atoms with Crippen molar-refractivity contribution in [2.24, 2.45) is 0 Å². The number of hydrogen-bond donors (Lipinski definition) is 1. The van der Waals surface area contributed by atoms with Gasteiger partial charge in [0.1, 0.15) is 0 Å². The van der Waals surface area contributed by atoms with E-state index < -0.39 is 0 Å². The lowest BCUT2D eigenvalue weighted by molar-refractivity contribution is 0.587. The van der Waals surface area contributed by atoms with Gasteiger partial charge in [-0.3, -0.25) is 0 Å². The predicted octanol–water partition coefficient (Wildman–Crippen LogP) is 4.95. The average molecular weight is 367 g/mol. The fourth-order valence-corrected chi connectivity index (χ4v) is 3.42. The van der Waals surface area contributed by atoms with E-state index in [9.17, 15) is 0 Å². The van der Waals surface area contributed by atoms with Crippen LogP contribution in [0.4, 0.5) is 5.69 Å². The van der Waals surface area contributed by atoms with Gasteiger partial charge in [0.25, 0.3) is 0 Å². The Kier molecular flexibility index (Phi) is 5.85. The molecule has 0 atom stereocenters. The van der Waals surface area contributed by atoms with Crippen molar-refractivity contribution in [1.29, 1.82) is 0 Å². The van der Waals surface area contributed by atoms with Crippen LogP contribution in [0.3, 0.4) is 0 Å². The Labute approximate surface area is 140 Å². The summed E-state index contributed by atoms with van der Waals surface area (Å²) in [5.74, 6) is 0. The quantitative estimate of drug-likeness (QED) is 0.777. The molecular weight excluding hydrogens is 344 g/mol. The summed E-state index contributed by atoms with van der Waals surface area (Å²) >= 11 is 5.26. The molecule has 0 bridgehead atoms. The zero-order chi connectivity index (χ0) is 15.4. The van der Waals surface area contributed by atoms with Crippen LogP contribution in [0.25, 0.3) is 0 Å². The standard InChI is InChI=1S/C17H23BrN2S/c1-12(2)19-9-15-5-6-16(7-13(15)3)20(4)10-14-8-17(18)21-11-14/h5-8,11-12,19H,9-10H2,1-4H3. The molecule has 1 aromatic heterocycles. The molecular formula is C17H23BrN2S. The van der Waals surface area contributed by atoms with Crippen molar-refractivity contribution in [3.63, 3.8) is 0 Å². The Balaban J connectivity index is 2.04. The number of benzene rings is 1. The van der Waals surface area contributed by atoms with E-state index in [-0.39, 0.29) is 0 Å². The largest absolute Gasteiger partial charge is 0.370 e. The first-order valence-electron chi connectivity index (χ1n) is 7.22. The van der Waals surface area contributed by atoms with Gasteiger partial charge in [0.15, 0.2) is 0 Å². The summed E-state index contributed by atoms with van der Waals surface area (Å²) in [5, 5.41) is 5.68. The van der Waals surface area contributed by atoms with E-state index in [1.165, 1.54) is 26.2 Å². The van der Waals surface area contributed by atoms with Gasteiger partial charge >= 0.3 is 0 Å². The van der Waals surface area contributed by atoms with Gasteiger partial charge in [0, 0.05) is 31.9 Å². The number of halogens is 1. The van der Waals surface area contributed by atoms with Gasteiger partial charge in [0.2, 0.25) is 0 Å². The first-order chi connectivity index (χ1) is 9.95. The van der Waals surface area contributed by atoms with Crippen LogP contribution in [0.5, 0.6) is 0 Å². The second-order valence-corrected chi connectivity index (χ2v) is 8.05. The molecule has 0 fully saturated rings. The van der Waals surface area contributed by atoms with Crippen LogP contribution in [0.2, 0.25) is 0 Å². The monoisotopic (exact) mass is 366 g/mol. The Morgan fingerprint density at radius 3 is 2.62 bits per heavy atom. The summed E-state index contributed by atoms with van der Waals surface area (Å²) in [6, 6.07) is 9.43. The minimum absolute atomic E-state index is 0.517. The van der Waals surface area contributed by atoms with Crippen molar-refractivity contribution in [3.05, 3.63) is 50.1 Å². The van der Waals surface area contributed by atoms with Crippen LogP contribution in [0, 0.1) is 6.92 Å². The SMILES string of the molecule is Cc1cc(N(C)Cc2csc(Br)c2)ccc1CNC(C)C. The molecule has 21 heavy (non-hydrogen) atoms. The predicted molar refractivity (Wildman–Crippen MR) is 97.3 cm³/mol. The molecule has 0 aliphatic rings. The van der Waals surface area contributed by atoms with Crippen LogP contribution in [-0.4, -0.2) is 13.1 Å². The number of anilines is 1. The minimum atomic E-state index is 0.517. The van der Waals surface area contributed by atoms with Crippen molar-refractivity contribution in [2.45, 2.75) is 39.9 Å². The second-order valence-electron chi connectivity index (χ2n) is 5.76. The highest BCUT2D eigenvalue weighted by atomic mass is 79.9. The molecule has 0 unspecified atom stereocenters. The van der Waals surface area contributed by atoms with Gasteiger partial charge in [-0.15, -0.1) is 11.3 Å². The Bertz CT molecular complexity index is 592. The van der Waals surface area contributed by atoms with Crippen LogP contribution in [0.15, 0.2) is 33.4 Å². The molecule has 0 saturated heterocycles. The van der Waals surface area contributed by atoms with Gasteiger partial charge in [-0.25, -0.2) is 0 Å². The highest BCUT2D eigenvalue weighted by molar-refractivity contribution is 9.11. The maximum atomic E-state index is 3.52. The number of rotatable bonds is 6. The van der Waals surface area contributed by atoms with Crippen molar-refractivity contribution in [3.8, 4) is 0 Å². The number of nitrogens with one attached hydrogen (secondary N) is 1. The van der Waals surface area contributed by atoms with Crippen molar-refractivity contribution in [1.82, 2.24) is 5.32 Å². The molecule has 0 amide bonds. The fourth-order valence-electron chi connectivity index (χ4n) is 2.22. The second kappa shape index (κ2) is 7.43. The number of hydrogen-bond acceptors (Lipinski definition) is 3. The van der Waals surface area contributed by atoms with E-state index in [1.54, 1.807) is 11.3 Å². The average Bonchev–Trinajstić information content (AvgIpc) is 2.82. The molecule has 0 radical (unpaired) electrons. The van der Waals surface area contributed by atoms with Gasteiger partial charge < -0.3 is 10.2 Å². The number of thiophene rings is 1. The molecule has 1 heterocycles. The first kappa shape index (κ1) is 16.5. The van der Waals surface area contributed by atoms with Crippen molar-refractivity contribution >= 4 is 33.0 Å². The van der Waals surface area contributed by atoms with Crippen LogP contribution >= 0.6 is 27.3 Å². The summed E-state index contributed by atoms with van der Waals surface area (Å²) in [4.78, 5) is 2.29. The molecule has 2 rings (SSSR count). The molecule has 114 valence electrons. The first-order valence-corrected chi connectivity index (χ1v) is 8.90. The zero-order valence-corrected chi connectivity index (χ0v) is 15.5. The fraction of sp³-hybridized carbons (Fsp3) is 0.412.